The van der Waals surface area contributed by atoms with Crippen molar-refractivity contribution >= 4 is 51.3 Å². The maximum absolute atomic E-state index is 13.3. The fourth-order valence-electron chi connectivity index (χ4n) is 3.20. The molecule has 4 aromatic rings. The van der Waals surface area contributed by atoms with Crippen LogP contribution in [0.15, 0.2) is 71.5 Å². The maximum atomic E-state index is 13.3. The van der Waals surface area contributed by atoms with Crippen LogP contribution in [0.5, 0.6) is 0 Å². The van der Waals surface area contributed by atoms with Gasteiger partial charge in [-0.2, -0.15) is 0 Å². The third-order valence-corrected chi connectivity index (χ3v) is 5.31. The van der Waals surface area contributed by atoms with Crippen LogP contribution >= 0.6 is 22.6 Å². The van der Waals surface area contributed by atoms with Crippen LogP contribution in [0.4, 0.5) is 5.69 Å². The second kappa shape index (κ2) is 8.19. The minimum absolute atomic E-state index is 0.0352. The Bertz CT molecular complexity index is 1360. The largest absolute Gasteiger partial charge is 0.269 e. The molecular formula is C23H16IN3O3. The number of halogens is 1. The lowest BCUT2D eigenvalue weighted by Crippen LogP contribution is -2.22. The molecule has 1 heterocycles. The number of benzene rings is 3. The van der Waals surface area contributed by atoms with Gasteiger partial charge in [-0.3, -0.25) is 19.5 Å². The van der Waals surface area contributed by atoms with Crippen LogP contribution in [0.2, 0.25) is 0 Å². The van der Waals surface area contributed by atoms with E-state index in [1.54, 1.807) is 24.3 Å². The Hall–Kier alpha value is -3.33. The maximum Gasteiger partial charge on any atom is 0.269 e. The van der Waals surface area contributed by atoms with E-state index in [1.807, 2.05) is 49.4 Å². The first-order valence-corrected chi connectivity index (χ1v) is 10.2. The predicted molar refractivity (Wildman–Crippen MR) is 127 cm³/mol. The summed E-state index contributed by atoms with van der Waals surface area (Å²) in [6.07, 6.45) is 3.68. The standard InChI is InChI=1S/C23H16IN3O3/c1-15-3-2-4-16(13-15)5-12-22-25-21-11-6-17(24)14-20(21)23(28)26(22)18-7-9-19(10-8-18)27(29)30/h2-14H,1H3. The second-order valence-corrected chi connectivity index (χ2v) is 8.04. The molecule has 0 fully saturated rings. The number of hydrogen-bond acceptors (Lipinski definition) is 4. The average molecular weight is 509 g/mol. The topological polar surface area (TPSA) is 78.0 Å². The Morgan fingerprint density at radius 2 is 1.80 bits per heavy atom. The number of nitrogens with zero attached hydrogens (tertiary/aromatic N) is 3. The Kier molecular flexibility index (Phi) is 5.45. The van der Waals surface area contributed by atoms with Crippen molar-refractivity contribution in [2.75, 3.05) is 0 Å². The van der Waals surface area contributed by atoms with Crippen LogP contribution in [0.25, 0.3) is 28.7 Å². The summed E-state index contributed by atoms with van der Waals surface area (Å²) >= 11 is 2.15. The molecule has 0 saturated heterocycles. The van der Waals surface area contributed by atoms with Gasteiger partial charge in [0, 0.05) is 15.7 Å². The smallest absolute Gasteiger partial charge is 0.268 e. The number of nitro groups is 1. The first-order valence-electron chi connectivity index (χ1n) is 9.14. The molecule has 0 spiro atoms. The number of aryl methyl sites for hydroxylation is 1. The lowest BCUT2D eigenvalue weighted by atomic mass is 10.1. The first-order chi connectivity index (χ1) is 14.4. The number of hydrogen-bond donors (Lipinski definition) is 0. The molecule has 148 valence electrons. The monoisotopic (exact) mass is 509 g/mol. The van der Waals surface area contributed by atoms with Gasteiger partial charge in [0.15, 0.2) is 0 Å². The molecule has 0 atom stereocenters. The zero-order valence-corrected chi connectivity index (χ0v) is 18.1. The highest BCUT2D eigenvalue weighted by Crippen LogP contribution is 2.20. The van der Waals surface area contributed by atoms with Crippen molar-refractivity contribution < 1.29 is 4.92 Å². The highest BCUT2D eigenvalue weighted by molar-refractivity contribution is 14.1. The van der Waals surface area contributed by atoms with Gasteiger partial charge < -0.3 is 0 Å². The van der Waals surface area contributed by atoms with Crippen molar-refractivity contribution in [3.05, 3.63) is 108 Å². The summed E-state index contributed by atoms with van der Waals surface area (Å²) < 4.78 is 2.41. The molecule has 30 heavy (non-hydrogen) atoms. The Morgan fingerprint density at radius 3 is 2.50 bits per heavy atom. The van der Waals surface area contributed by atoms with Gasteiger partial charge in [0.05, 0.1) is 21.5 Å². The molecular weight excluding hydrogens is 493 g/mol. The zero-order valence-electron chi connectivity index (χ0n) is 15.9. The van der Waals surface area contributed by atoms with Gasteiger partial charge in [0.2, 0.25) is 0 Å². The van der Waals surface area contributed by atoms with Gasteiger partial charge in [-0.15, -0.1) is 0 Å². The molecule has 0 unspecified atom stereocenters. The van der Waals surface area contributed by atoms with Gasteiger partial charge in [0.25, 0.3) is 11.2 Å². The van der Waals surface area contributed by atoms with Crippen LogP contribution in [0.3, 0.4) is 0 Å². The van der Waals surface area contributed by atoms with Crippen molar-refractivity contribution in [1.82, 2.24) is 9.55 Å². The molecule has 0 saturated carbocycles. The molecule has 0 aliphatic carbocycles. The van der Waals surface area contributed by atoms with E-state index in [9.17, 15) is 14.9 Å². The molecule has 0 bridgehead atoms. The molecule has 0 N–H and O–H groups in total. The molecule has 4 rings (SSSR count). The molecule has 3 aromatic carbocycles. The summed E-state index contributed by atoms with van der Waals surface area (Å²) in [6, 6.07) is 19.4. The van der Waals surface area contributed by atoms with E-state index in [1.165, 1.54) is 16.7 Å². The Morgan fingerprint density at radius 1 is 1.03 bits per heavy atom. The van der Waals surface area contributed by atoms with Crippen molar-refractivity contribution in [1.29, 1.82) is 0 Å². The first kappa shape index (κ1) is 20.0. The van der Waals surface area contributed by atoms with Crippen molar-refractivity contribution in [2.24, 2.45) is 0 Å². The number of non-ortho nitro benzene ring substituents is 1. The highest BCUT2D eigenvalue weighted by atomic mass is 127. The minimum Gasteiger partial charge on any atom is -0.268 e. The second-order valence-electron chi connectivity index (χ2n) is 6.79. The third kappa shape index (κ3) is 4.02. The van der Waals surface area contributed by atoms with Crippen LogP contribution in [0.1, 0.15) is 17.0 Å². The lowest BCUT2D eigenvalue weighted by molar-refractivity contribution is -0.384. The van der Waals surface area contributed by atoms with Crippen LogP contribution in [-0.4, -0.2) is 14.5 Å². The fraction of sp³-hybridized carbons (Fsp3) is 0.0435. The predicted octanol–water partition coefficient (Wildman–Crippen LogP) is 5.38. The molecule has 0 aliphatic heterocycles. The summed E-state index contributed by atoms with van der Waals surface area (Å²) in [6.45, 7) is 2.01. The van der Waals surface area contributed by atoms with Crippen LogP contribution in [-0.2, 0) is 0 Å². The van der Waals surface area contributed by atoms with Crippen LogP contribution in [0, 0.1) is 20.6 Å². The van der Waals surface area contributed by atoms with E-state index in [0.717, 1.165) is 14.7 Å². The molecule has 7 heteroatoms. The van der Waals surface area contributed by atoms with Crippen LogP contribution < -0.4 is 5.56 Å². The summed E-state index contributed by atoms with van der Waals surface area (Å²) in [5, 5.41) is 11.5. The van der Waals surface area contributed by atoms with Crippen molar-refractivity contribution in [2.45, 2.75) is 6.92 Å². The SMILES string of the molecule is Cc1cccc(C=Cc2nc3ccc(I)cc3c(=O)n2-c2ccc([N+](=O)[O-])cc2)c1. The van der Waals surface area contributed by atoms with Crippen molar-refractivity contribution in [3.8, 4) is 5.69 Å². The van der Waals surface area contributed by atoms with E-state index in [4.69, 9.17) is 0 Å². The van der Waals surface area contributed by atoms with E-state index in [-0.39, 0.29) is 11.2 Å². The quantitative estimate of drug-likeness (QED) is 0.210. The minimum atomic E-state index is -0.466. The normalized spacial score (nSPS) is 11.3. The van der Waals surface area contributed by atoms with E-state index >= 15 is 0 Å². The van der Waals surface area contributed by atoms with E-state index in [2.05, 4.69) is 27.6 Å². The van der Waals surface area contributed by atoms with Gasteiger partial charge in [-0.25, -0.2) is 4.98 Å². The molecule has 0 radical (unpaired) electrons. The summed E-state index contributed by atoms with van der Waals surface area (Å²) in [5.41, 5.74) is 2.97. The van der Waals surface area contributed by atoms with E-state index < -0.39 is 4.92 Å². The Labute approximate surface area is 185 Å². The molecule has 0 aliphatic rings. The van der Waals surface area contributed by atoms with Gasteiger partial charge >= 0.3 is 0 Å². The molecule has 6 nitrogen and oxygen atoms in total. The number of fused-ring (bicyclic) bond motifs is 1. The van der Waals surface area contributed by atoms with Gasteiger partial charge in [-0.1, -0.05) is 35.9 Å². The van der Waals surface area contributed by atoms with E-state index in [0.29, 0.717) is 22.4 Å². The third-order valence-electron chi connectivity index (χ3n) is 4.64. The Balaban J connectivity index is 1.93. The summed E-state index contributed by atoms with van der Waals surface area (Å²) in [5.74, 6) is 0.448. The summed E-state index contributed by atoms with van der Waals surface area (Å²) in [7, 11) is 0. The number of rotatable bonds is 4. The average Bonchev–Trinajstić information content (AvgIpc) is 2.73. The molecule has 0 amide bonds. The number of nitro benzene ring substituents is 1. The molecule has 1 aromatic heterocycles. The van der Waals surface area contributed by atoms with Gasteiger partial charge in [-0.05, 0) is 71.5 Å². The zero-order chi connectivity index (χ0) is 21.3. The lowest BCUT2D eigenvalue weighted by Gasteiger charge is -2.11. The van der Waals surface area contributed by atoms with Gasteiger partial charge in [0.1, 0.15) is 5.82 Å². The summed E-state index contributed by atoms with van der Waals surface area (Å²) in [4.78, 5) is 28.6. The fourth-order valence-corrected chi connectivity index (χ4v) is 3.70. The highest BCUT2D eigenvalue weighted by Gasteiger charge is 2.13. The number of aromatic nitrogens is 2. The van der Waals surface area contributed by atoms with Crippen molar-refractivity contribution in [3.63, 3.8) is 0 Å².